The van der Waals surface area contributed by atoms with Gasteiger partial charge in [0.2, 0.25) is 0 Å². The number of benzene rings is 2. The number of nitrogens with zero attached hydrogens (tertiary/aromatic N) is 2. The van der Waals surface area contributed by atoms with Crippen molar-refractivity contribution in [2.45, 2.75) is 38.3 Å². The topological polar surface area (TPSA) is 36.9 Å². The van der Waals surface area contributed by atoms with E-state index in [1.165, 1.54) is 24.0 Å². The number of rotatable bonds is 6. The highest BCUT2D eigenvalue weighted by atomic mass is 16.5. The highest BCUT2D eigenvalue weighted by molar-refractivity contribution is 5.56. The lowest BCUT2D eigenvalue weighted by atomic mass is 9.94. The molecule has 0 saturated carbocycles. The summed E-state index contributed by atoms with van der Waals surface area (Å²) in [6.07, 6.45) is 5.53. The Morgan fingerprint density at radius 2 is 1.81 bits per heavy atom. The highest BCUT2D eigenvalue weighted by Crippen LogP contribution is 2.42. The Labute approximate surface area is 155 Å². The van der Waals surface area contributed by atoms with E-state index < -0.39 is 0 Å². The minimum atomic E-state index is 0.197. The molecule has 0 saturated heterocycles. The van der Waals surface area contributed by atoms with Crippen LogP contribution in [0, 0.1) is 0 Å². The molecule has 0 amide bonds. The average molecular weight is 349 g/mol. The van der Waals surface area contributed by atoms with E-state index in [4.69, 9.17) is 4.74 Å². The van der Waals surface area contributed by atoms with E-state index in [2.05, 4.69) is 58.5 Å². The molecule has 0 aliphatic carbocycles. The van der Waals surface area contributed by atoms with Gasteiger partial charge in [0.25, 0.3) is 0 Å². The molecule has 2 aliphatic heterocycles. The lowest BCUT2D eigenvalue weighted by Crippen LogP contribution is -2.36. The molecule has 2 aliphatic rings. The second-order valence-electron chi connectivity index (χ2n) is 7.17. The Bertz CT molecular complexity index is 728. The Morgan fingerprint density at radius 1 is 1.12 bits per heavy atom. The van der Waals surface area contributed by atoms with Crippen molar-refractivity contribution in [2.75, 3.05) is 19.6 Å². The van der Waals surface area contributed by atoms with Crippen LogP contribution >= 0.6 is 0 Å². The Morgan fingerprint density at radius 3 is 2.46 bits per heavy atom. The summed E-state index contributed by atoms with van der Waals surface area (Å²) in [4.78, 5) is 6.78. The van der Waals surface area contributed by atoms with E-state index in [1.807, 2.05) is 18.5 Å². The molecule has 26 heavy (non-hydrogen) atoms. The van der Waals surface area contributed by atoms with Gasteiger partial charge in [-0.15, -0.1) is 0 Å². The van der Waals surface area contributed by atoms with Gasteiger partial charge in [0.05, 0.1) is 12.4 Å². The summed E-state index contributed by atoms with van der Waals surface area (Å²) >= 11 is 0. The molecule has 0 fully saturated rings. The SMILES string of the molecule is CC(CCCNC1c2ccccc2Oc2ccccc21)N1C=NCCC1. The summed E-state index contributed by atoms with van der Waals surface area (Å²) in [5.74, 6) is 1.92. The van der Waals surface area contributed by atoms with Crippen molar-refractivity contribution in [1.82, 2.24) is 10.2 Å². The van der Waals surface area contributed by atoms with Crippen molar-refractivity contribution in [2.24, 2.45) is 4.99 Å². The number of fused-ring (bicyclic) bond motifs is 2. The van der Waals surface area contributed by atoms with Crippen molar-refractivity contribution < 1.29 is 4.74 Å². The van der Waals surface area contributed by atoms with Gasteiger partial charge in [-0.05, 0) is 44.9 Å². The first-order chi connectivity index (χ1) is 12.8. The molecular formula is C22H27N3O. The van der Waals surface area contributed by atoms with Crippen LogP contribution in [-0.2, 0) is 0 Å². The van der Waals surface area contributed by atoms with Gasteiger partial charge in [-0.3, -0.25) is 4.99 Å². The van der Waals surface area contributed by atoms with Crippen LogP contribution in [0.4, 0.5) is 0 Å². The van der Waals surface area contributed by atoms with Crippen LogP contribution in [0.25, 0.3) is 0 Å². The number of hydrogen-bond donors (Lipinski definition) is 1. The second kappa shape index (κ2) is 7.92. The van der Waals surface area contributed by atoms with Gasteiger partial charge in [0, 0.05) is 30.3 Å². The molecule has 4 rings (SSSR count). The smallest absolute Gasteiger partial charge is 0.132 e. The monoisotopic (exact) mass is 349 g/mol. The number of aliphatic imine (C=N–C) groups is 1. The van der Waals surface area contributed by atoms with Crippen LogP contribution in [0.1, 0.15) is 43.4 Å². The fraction of sp³-hybridized carbons (Fsp3) is 0.409. The standard InChI is InChI=1S/C22H27N3O/c1-17(25-15-7-13-23-16-25)8-6-14-24-22-18-9-2-4-11-20(18)26-21-12-5-3-10-19(21)22/h2-5,9-12,16-17,22,24H,6-8,13-15H2,1H3. The predicted octanol–water partition coefficient (Wildman–Crippen LogP) is 4.37. The van der Waals surface area contributed by atoms with E-state index in [0.717, 1.165) is 37.6 Å². The van der Waals surface area contributed by atoms with Crippen LogP contribution in [0.5, 0.6) is 11.5 Å². The first-order valence-electron chi connectivity index (χ1n) is 9.68. The molecule has 2 aromatic carbocycles. The number of ether oxygens (including phenoxy) is 1. The molecule has 0 spiro atoms. The van der Waals surface area contributed by atoms with Crippen LogP contribution in [0.2, 0.25) is 0 Å². The van der Waals surface area contributed by atoms with E-state index in [-0.39, 0.29) is 6.04 Å². The fourth-order valence-corrected chi connectivity index (χ4v) is 3.84. The summed E-state index contributed by atoms with van der Waals surface area (Å²) < 4.78 is 6.07. The molecule has 0 aromatic heterocycles. The lowest BCUT2D eigenvalue weighted by molar-refractivity contribution is 0.303. The summed E-state index contributed by atoms with van der Waals surface area (Å²) in [6, 6.07) is 17.4. The molecule has 1 atom stereocenters. The quantitative estimate of drug-likeness (QED) is 0.787. The highest BCUT2D eigenvalue weighted by Gasteiger charge is 2.26. The largest absolute Gasteiger partial charge is 0.457 e. The van der Waals surface area contributed by atoms with Crippen LogP contribution in [-0.4, -0.2) is 36.9 Å². The average Bonchev–Trinajstić information content (AvgIpc) is 2.71. The molecule has 2 heterocycles. The molecule has 1 unspecified atom stereocenters. The zero-order valence-electron chi connectivity index (χ0n) is 15.4. The molecule has 0 bridgehead atoms. The summed E-state index contributed by atoms with van der Waals surface area (Å²) in [7, 11) is 0. The van der Waals surface area contributed by atoms with Crippen molar-refractivity contribution >= 4 is 6.34 Å². The van der Waals surface area contributed by atoms with Gasteiger partial charge in [-0.2, -0.15) is 0 Å². The van der Waals surface area contributed by atoms with Crippen molar-refractivity contribution in [1.29, 1.82) is 0 Å². The Hall–Kier alpha value is -2.33. The molecule has 4 nitrogen and oxygen atoms in total. The predicted molar refractivity (Wildman–Crippen MR) is 106 cm³/mol. The third-order valence-electron chi connectivity index (χ3n) is 5.33. The second-order valence-corrected chi connectivity index (χ2v) is 7.17. The Kier molecular flexibility index (Phi) is 5.21. The van der Waals surface area contributed by atoms with Crippen molar-refractivity contribution in [3.8, 4) is 11.5 Å². The van der Waals surface area contributed by atoms with Gasteiger partial charge in [-0.1, -0.05) is 36.4 Å². The third kappa shape index (κ3) is 3.61. The molecule has 2 aromatic rings. The Balaban J connectivity index is 1.39. The van der Waals surface area contributed by atoms with Gasteiger partial charge in [-0.25, -0.2) is 0 Å². The van der Waals surface area contributed by atoms with Crippen molar-refractivity contribution in [3.63, 3.8) is 0 Å². The number of hydrogen-bond acceptors (Lipinski definition) is 4. The minimum Gasteiger partial charge on any atom is -0.457 e. The molecule has 136 valence electrons. The minimum absolute atomic E-state index is 0.197. The van der Waals surface area contributed by atoms with Crippen molar-refractivity contribution in [3.05, 3.63) is 59.7 Å². The fourth-order valence-electron chi connectivity index (χ4n) is 3.84. The summed E-state index contributed by atoms with van der Waals surface area (Å²) in [6.45, 7) is 5.41. The van der Waals surface area contributed by atoms with Gasteiger partial charge in [0.1, 0.15) is 11.5 Å². The van der Waals surface area contributed by atoms with E-state index in [1.54, 1.807) is 0 Å². The van der Waals surface area contributed by atoms with Crippen LogP contribution < -0.4 is 10.1 Å². The van der Waals surface area contributed by atoms with Gasteiger partial charge >= 0.3 is 0 Å². The number of nitrogens with one attached hydrogen (secondary N) is 1. The van der Waals surface area contributed by atoms with E-state index in [9.17, 15) is 0 Å². The number of para-hydroxylation sites is 2. The van der Waals surface area contributed by atoms with Crippen LogP contribution in [0.15, 0.2) is 53.5 Å². The molecule has 0 radical (unpaired) electrons. The zero-order valence-corrected chi connectivity index (χ0v) is 15.4. The lowest BCUT2D eigenvalue weighted by Gasteiger charge is -2.30. The maximum atomic E-state index is 6.07. The first-order valence-corrected chi connectivity index (χ1v) is 9.68. The van der Waals surface area contributed by atoms with E-state index >= 15 is 0 Å². The van der Waals surface area contributed by atoms with E-state index in [0.29, 0.717) is 6.04 Å². The first kappa shape index (κ1) is 17.1. The summed E-state index contributed by atoms with van der Waals surface area (Å²) in [5.41, 5.74) is 2.45. The molecule has 1 N–H and O–H groups in total. The third-order valence-corrected chi connectivity index (χ3v) is 5.33. The molecular weight excluding hydrogens is 322 g/mol. The normalized spacial score (nSPS) is 17.3. The zero-order chi connectivity index (χ0) is 17.8. The van der Waals surface area contributed by atoms with Crippen LogP contribution in [0.3, 0.4) is 0 Å². The maximum Gasteiger partial charge on any atom is 0.132 e. The van der Waals surface area contributed by atoms with Gasteiger partial charge < -0.3 is 15.0 Å². The van der Waals surface area contributed by atoms with Gasteiger partial charge in [0.15, 0.2) is 0 Å². The summed E-state index contributed by atoms with van der Waals surface area (Å²) in [5, 5.41) is 3.76. The maximum absolute atomic E-state index is 6.07. The molecule has 4 heteroatoms.